The molecule has 29 heavy (non-hydrogen) atoms. The standard InChI is InChI=1S/C23H18F2N2O2/c24-18-6-3-15(4-7-18)23(29)27-13-1-2-16-14-17(5-12-21(16)27)22(28)26-20-10-8-19(25)9-11-20/h3-12,14H,1-2,13H2,(H,26,28). The summed E-state index contributed by atoms with van der Waals surface area (Å²) in [5.41, 5.74) is 3.03. The molecule has 0 aromatic heterocycles. The predicted octanol–water partition coefficient (Wildman–Crippen LogP) is 4.81. The molecule has 1 aliphatic rings. The number of carbonyl (C=O) groups is 2. The number of hydrogen-bond acceptors (Lipinski definition) is 2. The van der Waals surface area contributed by atoms with Crippen LogP contribution >= 0.6 is 0 Å². The zero-order valence-corrected chi connectivity index (χ0v) is 15.5. The summed E-state index contributed by atoms with van der Waals surface area (Å²) in [6, 6.07) is 16.2. The van der Waals surface area contributed by atoms with Gasteiger partial charge in [0.15, 0.2) is 0 Å². The largest absolute Gasteiger partial charge is 0.322 e. The molecule has 0 saturated heterocycles. The minimum Gasteiger partial charge on any atom is -0.322 e. The third kappa shape index (κ3) is 4.01. The molecular weight excluding hydrogens is 374 g/mol. The summed E-state index contributed by atoms with van der Waals surface area (Å²) in [7, 11) is 0. The molecule has 0 spiro atoms. The van der Waals surface area contributed by atoms with Crippen LogP contribution in [0, 0.1) is 11.6 Å². The van der Waals surface area contributed by atoms with E-state index in [1.807, 2.05) is 0 Å². The van der Waals surface area contributed by atoms with Crippen LogP contribution in [0.2, 0.25) is 0 Å². The Balaban J connectivity index is 1.56. The Kier molecular flexibility index (Phi) is 5.08. The van der Waals surface area contributed by atoms with E-state index in [-0.39, 0.29) is 17.6 Å². The van der Waals surface area contributed by atoms with Gasteiger partial charge in [0.1, 0.15) is 11.6 Å². The molecule has 6 heteroatoms. The zero-order chi connectivity index (χ0) is 20.4. The lowest BCUT2D eigenvalue weighted by Crippen LogP contribution is -2.35. The highest BCUT2D eigenvalue weighted by molar-refractivity contribution is 6.08. The van der Waals surface area contributed by atoms with Crippen molar-refractivity contribution in [1.29, 1.82) is 0 Å². The number of nitrogens with zero attached hydrogens (tertiary/aromatic N) is 1. The summed E-state index contributed by atoms with van der Waals surface area (Å²) >= 11 is 0. The lowest BCUT2D eigenvalue weighted by molar-refractivity contribution is 0.0984. The molecule has 0 atom stereocenters. The molecule has 1 N–H and O–H groups in total. The van der Waals surface area contributed by atoms with Gasteiger partial charge in [-0.1, -0.05) is 0 Å². The Bertz CT molecular complexity index is 1060. The normalized spacial score (nSPS) is 13.0. The number of aryl methyl sites for hydroxylation is 1. The predicted molar refractivity (Wildman–Crippen MR) is 107 cm³/mol. The first kappa shape index (κ1) is 18.8. The molecule has 0 radical (unpaired) electrons. The average molecular weight is 392 g/mol. The van der Waals surface area contributed by atoms with Crippen molar-refractivity contribution in [3.8, 4) is 0 Å². The maximum atomic E-state index is 13.1. The molecule has 0 fully saturated rings. The molecule has 146 valence electrons. The Hall–Kier alpha value is -3.54. The molecule has 3 aromatic rings. The lowest BCUT2D eigenvalue weighted by atomic mass is 9.98. The van der Waals surface area contributed by atoms with Crippen molar-refractivity contribution >= 4 is 23.2 Å². The van der Waals surface area contributed by atoms with E-state index in [9.17, 15) is 18.4 Å². The van der Waals surface area contributed by atoms with Crippen LogP contribution in [0.5, 0.6) is 0 Å². The summed E-state index contributed by atoms with van der Waals surface area (Å²) in [5, 5.41) is 2.74. The highest BCUT2D eigenvalue weighted by Crippen LogP contribution is 2.30. The number of hydrogen-bond donors (Lipinski definition) is 1. The van der Waals surface area contributed by atoms with E-state index >= 15 is 0 Å². The second kappa shape index (κ2) is 7.83. The average Bonchev–Trinajstić information content (AvgIpc) is 2.74. The van der Waals surface area contributed by atoms with Crippen LogP contribution in [0.1, 0.15) is 32.7 Å². The molecule has 0 unspecified atom stereocenters. The lowest BCUT2D eigenvalue weighted by Gasteiger charge is -2.30. The number of carbonyl (C=O) groups excluding carboxylic acids is 2. The maximum absolute atomic E-state index is 13.1. The molecule has 0 aliphatic carbocycles. The van der Waals surface area contributed by atoms with Gasteiger partial charge >= 0.3 is 0 Å². The summed E-state index contributed by atoms with van der Waals surface area (Å²) in [5.74, 6) is -1.27. The first-order chi connectivity index (χ1) is 14.0. The van der Waals surface area contributed by atoms with E-state index < -0.39 is 5.82 Å². The smallest absolute Gasteiger partial charge is 0.258 e. The third-order valence-corrected chi connectivity index (χ3v) is 4.90. The highest BCUT2D eigenvalue weighted by Gasteiger charge is 2.24. The van der Waals surface area contributed by atoms with Crippen molar-refractivity contribution in [2.45, 2.75) is 12.8 Å². The molecular formula is C23H18F2N2O2. The number of anilines is 2. The molecule has 0 bridgehead atoms. The number of amides is 2. The van der Waals surface area contributed by atoms with Crippen molar-refractivity contribution in [1.82, 2.24) is 0 Å². The number of nitrogens with one attached hydrogen (secondary N) is 1. The fourth-order valence-electron chi connectivity index (χ4n) is 3.43. The first-order valence-electron chi connectivity index (χ1n) is 9.28. The van der Waals surface area contributed by atoms with Gasteiger partial charge in [0.2, 0.25) is 0 Å². The van der Waals surface area contributed by atoms with E-state index in [0.717, 1.165) is 24.1 Å². The topological polar surface area (TPSA) is 49.4 Å². The number of rotatable bonds is 3. The molecule has 4 rings (SSSR count). The van der Waals surface area contributed by atoms with E-state index in [1.54, 1.807) is 23.1 Å². The van der Waals surface area contributed by atoms with Gasteiger partial charge in [-0.3, -0.25) is 9.59 Å². The monoisotopic (exact) mass is 392 g/mol. The van der Waals surface area contributed by atoms with E-state index in [1.165, 1.54) is 48.5 Å². The molecule has 0 saturated carbocycles. The van der Waals surface area contributed by atoms with Crippen molar-refractivity contribution < 1.29 is 18.4 Å². The van der Waals surface area contributed by atoms with Gasteiger partial charge in [0.05, 0.1) is 0 Å². The maximum Gasteiger partial charge on any atom is 0.258 e. The van der Waals surface area contributed by atoms with Gasteiger partial charge in [0.25, 0.3) is 11.8 Å². The summed E-state index contributed by atoms with van der Waals surface area (Å²) in [4.78, 5) is 27.0. The Morgan fingerprint density at radius 2 is 1.45 bits per heavy atom. The minimum atomic E-state index is -0.391. The fourth-order valence-corrected chi connectivity index (χ4v) is 3.43. The minimum absolute atomic E-state index is 0.200. The van der Waals surface area contributed by atoms with Crippen LogP contribution in [-0.2, 0) is 6.42 Å². The third-order valence-electron chi connectivity index (χ3n) is 4.90. The molecule has 1 aliphatic heterocycles. The Labute approximate surface area is 166 Å². The van der Waals surface area contributed by atoms with Crippen LogP contribution in [0.4, 0.5) is 20.2 Å². The van der Waals surface area contributed by atoms with Gasteiger partial charge in [-0.15, -0.1) is 0 Å². The number of fused-ring (bicyclic) bond motifs is 1. The second-order valence-corrected chi connectivity index (χ2v) is 6.87. The Morgan fingerprint density at radius 3 is 2.14 bits per heavy atom. The second-order valence-electron chi connectivity index (χ2n) is 6.87. The quantitative estimate of drug-likeness (QED) is 0.695. The highest BCUT2D eigenvalue weighted by atomic mass is 19.1. The van der Waals surface area contributed by atoms with Gasteiger partial charge < -0.3 is 10.2 Å². The Morgan fingerprint density at radius 1 is 0.828 bits per heavy atom. The van der Waals surface area contributed by atoms with Gasteiger partial charge in [-0.25, -0.2) is 8.78 Å². The summed E-state index contributed by atoms with van der Waals surface area (Å²) < 4.78 is 26.2. The number of halogens is 2. The van der Waals surface area contributed by atoms with Crippen molar-refractivity contribution in [2.24, 2.45) is 0 Å². The zero-order valence-electron chi connectivity index (χ0n) is 15.5. The van der Waals surface area contributed by atoms with Crippen molar-refractivity contribution in [3.05, 3.63) is 95.1 Å². The summed E-state index contributed by atoms with van der Waals surface area (Å²) in [6.07, 6.45) is 1.52. The summed E-state index contributed by atoms with van der Waals surface area (Å²) in [6.45, 7) is 0.560. The molecule has 2 amide bonds. The van der Waals surface area contributed by atoms with Gasteiger partial charge in [-0.05, 0) is 85.1 Å². The van der Waals surface area contributed by atoms with Crippen LogP contribution in [0.3, 0.4) is 0 Å². The van der Waals surface area contributed by atoms with Crippen molar-refractivity contribution in [3.63, 3.8) is 0 Å². The van der Waals surface area contributed by atoms with Crippen molar-refractivity contribution in [2.75, 3.05) is 16.8 Å². The first-order valence-corrected chi connectivity index (χ1v) is 9.28. The van der Waals surface area contributed by atoms with Crippen LogP contribution < -0.4 is 10.2 Å². The molecule has 1 heterocycles. The van der Waals surface area contributed by atoms with Crippen LogP contribution in [-0.4, -0.2) is 18.4 Å². The van der Waals surface area contributed by atoms with E-state index in [0.29, 0.717) is 23.4 Å². The van der Waals surface area contributed by atoms with E-state index in [2.05, 4.69) is 5.32 Å². The van der Waals surface area contributed by atoms with E-state index in [4.69, 9.17) is 0 Å². The van der Waals surface area contributed by atoms with Gasteiger partial charge in [-0.2, -0.15) is 0 Å². The van der Waals surface area contributed by atoms with Crippen LogP contribution in [0.15, 0.2) is 66.7 Å². The number of benzene rings is 3. The SMILES string of the molecule is O=C(Nc1ccc(F)cc1)c1ccc2c(c1)CCCN2C(=O)c1ccc(F)cc1. The molecule has 3 aromatic carbocycles. The molecule has 4 nitrogen and oxygen atoms in total. The van der Waals surface area contributed by atoms with Gasteiger partial charge in [0, 0.05) is 29.0 Å². The van der Waals surface area contributed by atoms with Crippen LogP contribution in [0.25, 0.3) is 0 Å². The fraction of sp³-hybridized carbons (Fsp3) is 0.130.